The monoisotopic (exact) mass is 328 g/mol. The number of nitrogens with zero attached hydrogens (tertiary/aromatic N) is 2. The van der Waals surface area contributed by atoms with Gasteiger partial charge in [-0.2, -0.15) is 0 Å². The van der Waals surface area contributed by atoms with Crippen molar-refractivity contribution in [2.45, 2.75) is 45.1 Å². The number of aromatic hydroxyl groups is 1. The minimum absolute atomic E-state index is 0.268. The lowest BCUT2D eigenvalue weighted by atomic mass is 10.0. The molecule has 3 heterocycles. The standard InChI is InChI=1S/C18H24N4O2/c1-2-22-8-6-11(7-9-22)19-16-12-4-3-5-13(12)20-14-10-15(23)18(24)21-17(14)16/h10-11,23H,2-9H2,1H3,(H,19,20)(H,21,24). The molecular formula is C18H24N4O2. The first-order valence-electron chi connectivity index (χ1n) is 8.92. The van der Waals surface area contributed by atoms with Crippen LogP contribution < -0.4 is 10.9 Å². The summed E-state index contributed by atoms with van der Waals surface area (Å²) < 4.78 is 0. The summed E-state index contributed by atoms with van der Waals surface area (Å²) in [6.07, 6.45) is 5.27. The normalized spacial score (nSPS) is 18.9. The zero-order chi connectivity index (χ0) is 16.7. The third-order valence-corrected chi connectivity index (χ3v) is 5.38. The Labute approximate surface area is 140 Å². The van der Waals surface area contributed by atoms with Crippen molar-refractivity contribution in [1.29, 1.82) is 0 Å². The predicted octanol–water partition coefficient (Wildman–Crippen LogP) is 2.01. The number of aryl methyl sites for hydroxylation is 1. The van der Waals surface area contributed by atoms with Gasteiger partial charge in [0.2, 0.25) is 0 Å². The second-order valence-corrected chi connectivity index (χ2v) is 6.86. The third-order valence-electron chi connectivity index (χ3n) is 5.38. The molecule has 24 heavy (non-hydrogen) atoms. The van der Waals surface area contributed by atoms with Crippen LogP contribution in [0.5, 0.6) is 5.75 Å². The molecule has 128 valence electrons. The van der Waals surface area contributed by atoms with E-state index < -0.39 is 5.56 Å². The van der Waals surface area contributed by atoms with E-state index in [0.717, 1.165) is 68.6 Å². The van der Waals surface area contributed by atoms with Crippen LogP contribution in [-0.4, -0.2) is 45.7 Å². The van der Waals surface area contributed by atoms with E-state index in [1.807, 2.05) is 0 Å². The first kappa shape index (κ1) is 15.4. The Morgan fingerprint density at radius 2 is 2.17 bits per heavy atom. The summed E-state index contributed by atoms with van der Waals surface area (Å²) in [6.45, 7) is 5.52. The second kappa shape index (κ2) is 6.09. The summed E-state index contributed by atoms with van der Waals surface area (Å²) in [5, 5.41) is 13.4. The summed E-state index contributed by atoms with van der Waals surface area (Å²) in [5.41, 5.74) is 4.31. The van der Waals surface area contributed by atoms with Crippen LogP contribution in [0.4, 0.5) is 5.69 Å². The minimum Gasteiger partial charge on any atom is -0.503 e. The van der Waals surface area contributed by atoms with E-state index in [-0.39, 0.29) is 5.75 Å². The molecule has 1 fully saturated rings. The number of piperidine rings is 1. The molecule has 0 unspecified atom stereocenters. The van der Waals surface area contributed by atoms with Crippen molar-refractivity contribution in [2.75, 3.05) is 25.0 Å². The van der Waals surface area contributed by atoms with Gasteiger partial charge in [-0.25, -0.2) is 0 Å². The predicted molar refractivity (Wildman–Crippen MR) is 94.8 cm³/mol. The third kappa shape index (κ3) is 2.65. The highest BCUT2D eigenvalue weighted by molar-refractivity contribution is 5.91. The topological polar surface area (TPSA) is 81.2 Å². The molecule has 0 saturated carbocycles. The number of fused-ring (bicyclic) bond motifs is 2. The molecule has 0 amide bonds. The van der Waals surface area contributed by atoms with Crippen molar-refractivity contribution in [1.82, 2.24) is 14.9 Å². The number of likely N-dealkylation sites (tertiary alicyclic amines) is 1. The van der Waals surface area contributed by atoms with Gasteiger partial charge in [0.05, 0.1) is 16.7 Å². The average Bonchev–Trinajstić information content (AvgIpc) is 3.05. The molecule has 0 aromatic carbocycles. The Bertz CT molecular complexity index is 822. The number of nitrogens with one attached hydrogen (secondary N) is 2. The molecule has 0 spiro atoms. The molecule has 6 nitrogen and oxygen atoms in total. The number of pyridine rings is 2. The van der Waals surface area contributed by atoms with Gasteiger partial charge < -0.3 is 20.3 Å². The zero-order valence-electron chi connectivity index (χ0n) is 14.1. The second-order valence-electron chi connectivity index (χ2n) is 6.86. The van der Waals surface area contributed by atoms with E-state index in [2.05, 4.69) is 27.1 Å². The van der Waals surface area contributed by atoms with Crippen LogP contribution >= 0.6 is 0 Å². The van der Waals surface area contributed by atoms with Gasteiger partial charge in [0.15, 0.2) is 5.75 Å². The van der Waals surface area contributed by atoms with Crippen LogP contribution in [0, 0.1) is 0 Å². The lowest BCUT2D eigenvalue weighted by molar-refractivity contribution is 0.229. The molecule has 6 heteroatoms. The van der Waals surface area contributed by atoms with Gasteiger partial charge in [-0.3, -0.25) is 9.78 Å². The van der Waals surface area contributed by atoms with E-state index in [9.17, 15) is 9.90 Å². The molecular weight excluding hydrogens is 304 g/mol. The summed E-state index contributed by atoms with van der Waals surface area (Å²) in [4.78, 5) is 21.8. The molecule has 1 aliphatic carbocycles. The fraction of sp³-hybridized carbons (Fsp3) is 0.556. The molecule has 2 aliphatic rings. The number of hydrogen-bond acceptors (Lipinski definition) is 5. The van der Waals surface area contributed by atoms with E-state index in [0.29, 0.717) is 11.6 Å². The van der Waals surface area contributed by atoms with Crippen LogP contribution in [-0.2, 0) is 12.8 Å². The largest absolute Gasteiger partial charge is 0.503 e. The minimum atomic E-state index is -0.453. The Balaban J connectivity index is 1.73. The number of aromatic amines is 1. The van der Waals surface area contributed by atoms with Crippen molar-refractivity contribution in [3.63, 3.8) is 0 Å². The summed E-state index contributed by atoms with van der Waals surface area (Å²) in [6, 6.07) is 1.90. The molecule has 2 aromatic heterocycles. The maximum Gasteiger partial charge on any atom is 0.290 e. The fourth-order valence-corrected chi connectivity index (χ4v) is 3.96. The molecule has 0 atom stereocenters. The highest BCUT2D eigenvalue weighted by Crippen LogP contribution is 2.34. The molecule has 4 rings (SSSR count). The lowest BCUT2D eigenvalue weighted by Gasteiger charge is -2.32. The van der Waals surface area contributed by atoms with Gasteiger partial charge in [-0.05, 0) is 44.2 Å². The maximum absolute atomic E-state index is 11.9. The van der Waals surface area contributed by atoms with Gasteiger partial charge in [-0.15, -0.1) is 0 Å². The SMILES string of the molecule is CCN1CCC(Nc2c3c(nc4cc(O)c(=O)[nH]c24)CCC3)CC1. The first-order chi connectivity index (χ1) is 11.7. The van der Waals surface area contributed by atoms with Crippen LogP contribution in [0.15, 0.2) is 10.9 Å². The van der Waals surface area contributed by atoms with E-state index in [1.54, 1.807) is 0 Å². The summed E-state index contributed by atoms with van der Waals surface area (Å²) in [5.74, 6) is -0.268. The Morgan fingerprint density at radius 3 is 2.92 bits per heavy atom. The number of aromatic nitrogens is 2. The van der Waals surface area contributed by atoms with Crippen molar-refractivity contribution in [3.8, 4) is 5.75 Å². The Hall–Kier alpha value is -2.08. The van der Waals surface area contributed by atoms with Gasteiger partial charge in [0, 0.05) is 30.9 Å². The van der Waals surface area contributed by atoms with Gasteiger partial charge in [0.1, 0.15) is 0 Å². The highest BCUT2D eigenvalue weighted by Gasteiger charge is 2.24. The molecule has 1 saturated heterocycles. The maximum atomic E-state index is 11.9. The quantitative estimate of drug-likeness (QED) is 0.803. The summed E-state index contributed by atoms with van der Waals surface area (Å²) in [7, 11) is 0. The van der Waals surface area contributed by atoms with Crippen LogP contribution in [0.25, 0.3) is 11.0 Å². The molecule has 2 aromatic rings. The van der Waals surface area contributed by atoms with Crippen LogP contribution in [0.1, 0.15) is 37.4 Å². The number of H-pyrrole nitrogens is 1. The molecule has 0 radical (unpaired) electrons. The van der Waals surface area contributed by atoms with Crippen LogP contribution in [0.3, 0.4) is 0 Å². The number of hydrogen-bond donors (Lipinski definition) is 3. The van der Waals surface area contributed by atoms with E-state index >= 15 is 0 Å². The Morgan fingerprint density at radius 1 is 1.38 bits per heavy atom. The van der Waals surface area contributed by atoms with Crippen molar-refractivity contribution >= 4 is 16.7 Å². The summed E-state index contributed by atoms with van der Waals surface area (Å²) >= 11 is 0. The van der Waals surface area contributed by atoms with E-state index in [1.165, 1.54) is 11.6 Å². The van der Waals surface area contributed by atoms with Gasteiger partial charge >= 0.3 is 0 Å². The highest BCUT2D eigenvalue weighted by atomic mass is 16.3. The lowest BCUT2D eigenvalue weighted by Crippen LogP contribution is -2.39. The van der Waals surface area contributed by atoms with Crippen molar-refractivity contribution < 1.29 is 5.11 Å². The molecule has 3 N–H and O–H groups in total. The first-order valence-corrected chi connectivity index (χ1v) is 8.92. The van der Waals surface area contributed by atoms with E-state index in [4.69, 9.17) is 0 Å². The fourth-order valence-electron chi connectivity index (χ4n) is 3.96. The van der Waals surface area contributed by atoms with Gasteiger partial charge in [-0.1, -0.05) is 6.92 Å². The molecule has 0 bridgehead atoms. The van der Waals surface area contributed by atoms with Gasteiger partial charge in [0.25, 0.3) is 5.56 Å². The Kier molecular flexibility index (Phi) is 3.92. The molecule has 1 aliphatic heterocycles. The smallest absolute Gasteiger partial charge is 0.290 e. The zero-order valence-corrected chi connectivity index (χ0v) is 14.1. The van der Waals surface area contributed by atoms with Crippen molar-refractivity contribution in [2.24, 2.45) is 0 Å². The number of anilines is 1. The van der Waals surface area contributed by atoms with Crippen LogP contribution in [0.2, 0.25) is 0 Å². The number of rotatable bonds is 3. The average molecular weight is 328 g/mol. The van der Waals surface area contributed by atoms with Crippen molar-refractivity contribution in [3.05, 3.63) is 27.7 Å².